The Morgan fingerprint density at radius 3 is 1.90 bits per heavy atom. The van der Waals surface area contributed by atoms with E-state index in [1.165, 1.54) is 0 Å². The number of hydrogen-bond acceptors (Lipinski definition) is 2. The third-order valence-electron chi connectivity index (χ3n) is 4.91. The van der Waals surface area contributed by atoms with Gasteiger partial charge in [-0.15, -0.1) is 0 Å². The molecule has 1 atom stereocenters. The van der Waals surface area contributed by atoms with Crippen LogP contribution in [-0.2, 0) is 4.79 Å². The molecule has 4 aromatic carbocycles. The van der Waals surface area contributed by atoms with Crippen molar-refractivity contribution < 1.29 is 41.0 Å². The largest absolute Gasteiger partial charge is 2.00 e. The Hall–Kier alpha value is -2.93. The molecule has 0 aliphatic carbocycles. The van der Waals surface area contributed by atoms with E-state index in [-0.39, 0.29) is 48.8 Å². The van der Waals surface area contributed by atoms with E-state index in [0.29, 0.717) is 0 Å². The maximum atomic E-state index is 12.0. The zero-order valence-electron chi connectivity index (χ0n) is 16.8. The van der Waals surface area contributed by atoms with Gasteiger partial charge >= 0.3 is 31.1 Å². The van der Waals surface area contributed by atoms with Gasteiger partial charge in [0.15, 0.2) is 0 Å². The van der Waals surface area contributed by atoms with Crippen LogP contribution in [0.5, 0.6) is 5.75 Å². The number of phenols is 1. The zero-order valence-corrected chi connectivity index (χ0v) is 21.0. The predicted octanol–water partition coefficient (Wildman–Crippen LogP) is 5.84. The molecule has 5 rings (SSSR count). The molecule has 4 aromatic rings. The smallest absolute Gasteiger partial charge is 0.508 e. The molecule has 0 saturated carbocycles. The Balaban J connectivity index is 0.000000338. The van der Waals surface area contributed by atoms with Crippen molar-refractivity contribution in [1.29, 1.82) is 0 Å². The van der Waals surface area contributed by atoms with E-state index in [9.17, 15) is 9.90 Å². The third-order valence-corrected chi connectivity index (χ3v) is 4.91. The van der Waals surface area contributed by atoms with Crippen LogP contribution in [0, 0.1) is 43.6 Å². The van der Waals surface area contributed by atoms with E-state index in [0.717, 1.165) is 22.4 Å². The number of carbonyl (C=O) groups excluding carboxylic acids is 1. The molecule has 0 spiro atoms. The molecule has 1 amide bonds. The maximum Gasteiger partial charge on any atom is 2.00 e. The number of para-hydroxylation sites is 1. The van der Waals surface area contributed by atoms with Crippen molar-refractivity contribution in [3.63, 3.8) is 0 Å². The molecule has 4 heteroatoms. The van der Waals surface area contributed by atoms with Crippen molar-refractivity contribution >= 4 is 11.6 Å². The molecule has 150 valence electrons. The summed E-state index contributed by atoms with van der Waals surface area (Å²) in [5.41, 5.74) is 3.57. The summed E-state index contributed by atoms with van der Waals surface area (Å²) in [6.07, 6.45) is 1.63. The molecule has 31 heavy (non-hydrogen) atoms. The van der Waals surface area contributed by atoms with Crippen molar-refractivity contribution in [2.75, 3.05) is 4.90 Å². The number of amides is 1. The third kappa shape index (κ3) is 5.41. The normalized spacial score (nSPS) is 14.3. The monoisotopic (exact) mass is 629 g/mol. The van der Waals surface area contributed by atoms with Gasteiger partial charge in [0.05, 0.1) is 5.91 Å². The standard InChI is InChI=1S/C21H16NO2.C6H5.U/c23-20-13-16(15-7-3-1-4-8-15)11-12-18(20)19-14-21(24)22(19)17-9-5-2-6-10-17;1-2-4-6-5-3-1;/h1-14,19,23H;1-5H;/q2*-1;+2. The number of nitrogens with zero attached hydrogens (tertiary/aromatic N) is 1. The molecule has 1 aliphatic rings. The summed E-state index contributed by atoms with van der Waals surface area (Å²) in [6.45, 7) is 0. The van der Waals surface area contributed by atoms with Crippen LogP contribution in [0.3, 0.4) is 0 Å². The van der Waals surface area contributed by atoms with Gasteiger partial charge in [-0.3, -0.25) is 6.42 Å². The Bertz CT molecular complexity index is 1080. The fraction of sp³-hybridized carbons (Fsp3) is 0.0370. The molecule has 1 fully saturated rings. The minimum atomic E-state index is -0.232. The van der Waals surface area contributed by atoms with Gasteiger partial charge in [0.25, 0.3) is 0 Å². The summed E-state index contributed by atoms with van der Waals surface area (Å²) in [6, 6.07) is 37.3. The summed E-state index contributed by atoms with van der Waals surface area (Å²) in [7, 11) is 0. The fourth-order valence-corrected chi connectivity index (χ4v) is 3.40. The Kier molecular flexibility index (Phi) is 8.01. The van der Waals surface area contributed by atoms with Gasteiger partial charge in [-0.05, 0) is 40.9 Å². The SMILES string of the molecule is O=C1[CH-]C(c2ccc(-c3ccccc3)cc2O)N1c1ccccc1.[U+2].[c-]1ccccc1. The zero-order chi connectivity index (χ0) is 20.8. The number of rotatable bonds is 3. The topological polar surface area (TPSA) is 40.5 Å². The Morgan fingerprint density at radius 1 is 0.774 bits per heavy atom. The molecule has 0 aromatic heterocycles. The number of phenolic OH excluding ortho intramolecular Hbond substituents is 1. The van der Waals surface area contributed by atoms with Gasteiger partial charge < -0.3 is 14.8 Å². The summed E-state index contributed by atoms with van der Waals surface area (Å²) in [5.74, 6) is 0.156. The minimum Gasteiger partial charge on any atom is -0.508 e. The van der Waals surface area contributed by atoms with E-state index in [4.69, 9.17) is 0 Å². The maximum absolute atomic E-state index is 12.0. The van der Waals surface area contributed by atoms with Crippen LogP contribution in [0.4, 0.5) is 5.69 Å². The Labute approximate surface area is 206 Å². The number of benzene rings is 4. The van der Waals surface area contributed by atoms with Gasteiger partial charge in [-0.25, -0.2) is 0 Å². The van der Waals surface area contributed by atoms with E-state index in [1.807, 2.05) is 103 Å². The van der Waals surface area contributed by atoms with Crippen LogP contribution in [0.1, 0.15) is 11.6 Å². The van der Waals surface area contributed by atoms with E-state index >= 15 is 0 Å². The van der Waals surface area contributed by atoms with Crippen molar-refractivity contribution in [3.05, 3.63) is 127 Å². The summed E-state index contributed by atoms with van der Waals surface area (Å²) in [5, 5.41) is 10.5. The summed E-state index contributed by atoms with van der Waals surface area (Å²) >= 11 is 0. The van der Waals surface area contributed by atoms with Crippen molar-refractivity contribution in [2.45, 2.75) is 6.04 Å². The number of anilines is 1. The first-order valence-electron chi connectivity index (χ1n) is 9.76. The quantitative estimate of drug-likeness (QED) is 0.229. The Morgan fingerprint density at radius 2 is 1.39 bits per heavy atom. The number of carbonyl (C=O) groups is 1. The second kappa shape index (κ2) is 10.9. The van der Waals surface area contributed by atoms with Gasteiger partial charge in [0, 0.05) is 5.69 Å². The molecule has 1 heterocycles. The van der Waals surface area contributed by atoms with Gasteiger partial charge in [-0.2, -0.15) is 36.4 Å². The molecule has 1 unspecified atom stereocenters. The molecule has 0 radical (unpaired) electrons. The van der Waals surface area contributed by atoms with Crippen LogP contribution in [0.15, 0.2) is 109 Å². The van der Waals surface area contributed by atoms with Gasteiger partial charge in [0.1, 0.15) is 5.75 Å². The molecule has 1 N–H and O–H groups in total. The van der Waals surface area contributed by atoms with Crippen LogP contribution in [0.2, 0.25) is 0 Å². The summed E-state index contributed by atoms with van der Waals surface area (Å²) < 4.78 is 0. The van der Waals surface area contributed by atoms with Gasteiger partial charge in [-0.1, -0.05) is 60.7 Å². The number of hydrogen-bond donors (Lipinski definition) is 1. The molecule has 1 saturated heterocycles. The minimum absolute atomic E-state index is 0. The first kappa shape index (κ1) is 22.8. The van der Waals surface area contributed by atoms with E-state index < -0.39 is 0 Å². The van der Waals surface area contributed by atoms with Crippen molar-refractivity contribution in [2.24, 2.45) is 0 Å². The average Bonchev–Trinajstić information content (AvgIpc) is 2.80. The van der Waals surface area contributed by atoms with Crippen LogP contribution in [-0.4, -0.2) is 11.0 Å². The van der Waals surface area contributed by atoms with Gasteiger partial charge in [0.2, 0.25) is 0 Å². The van der Waals surface area contributed by atoms with Crippen LogP contribution < -0.4 is 4.90 Å². The molecular formula is C27H21NO2U. The molecule has 0 bridgehead atoms. The molecule has 3 nitrogen and oxygen atoms in total. The van der Waals surface area contributed by atoms with E-state index in [2.05, 4.69) is 6.07 Å². The van der Waals surface area contributed by atoms with Crippen LogP contribution >= 0.6 is 0 Å². The second-order valence-corrected chi connectivity index (χ2v) is 6.87. The summed E-state index contributed by atoms with van der Waals surface area (Å²) in [4.78, 5) is 13.7. The second-order valence-electron chi connectivity index (χ2n) is 6.87. The number of β-lactam (4-membered cyclic amide) rings is 1. The number of aromatic hydroxyl groups is 1. The van der Waals surface area contributed by atoms with Crippen LogP contribution in [0.25, 0.3) is 11.1 Å². The van der Waals surface area contributed by atoms with Crippen molar-refractivity contribution in [1.82, 2.24) is 0 Å². The predicted molar refractivity (Wildman–Crippen MR) is 120 cm³/mol. The van der Waals surface area contributed by atoms with E-state index in [1.54, 1.807) is 17.4 Å². The average molecular weight is 629 g/mol. The fourth-order valence-electron chi connectivity index (χ4n) is 3.40. The van der Waals surface area contributed by atoms with Crippen molar-refractivity contribution in [3.8, 4) is 16.9 Å². The first-order valence-corrected chi connectivity index (χ1v) is 9.76. The molecule has 1 aliphatic heterocycles. The first-order chi connectivity index (χ1) is 14.7. The molecular weight excluding hydrogens is 608 g/mol.